The van der Waals surface area contributed by atoms with E-state index in [1.165, 1.54) is 10.9 Å². The molecule has 1 aromatic heterocycles. The predicted molar refractivity (Wildman–Crippen MR) is 88.4 cm³/mol. The zero-order valence-corrected chi connectivity index (χ0v) is 13.7. The topological polar surface area (TPSA) is 106 Å². The Hall–Kier alpha value is -2.74. The number of hydrogen-bond acceptors (Lipinski definition) is 5. The third-order valence-corrected chi connectivity index (χ3v) is 4.38. The Labute approximate surface area is 144 Å². The minimum Gasteiger partial charge on any atom is -0.481 e. The van der Waals surface area contributed by atoms with Gasteiger partial charge in [0.25, 0.3) is 5.91 Å². The molecule has 1 aliphatic rings. The first-order valence-corrected chi connectivity index (χ1v) is 8.21. The number of nitrogens with one attached hydrogen (secondary N) is 1. The van der Waals surface area contributed by atoms with Gasteiger partial charge in [0.1, 0.15) is 0 Å². The highest BCUT2D eigenvalue weighted by Crippen LogP contribution is 2.23. The Balaban J connectivity index is 1.61. The van der Waals surface area contributed by atoms with Gasteiger partial charge in [-0.3, -0.25) is 9.59 Å². The molecule has 1 amide bonds. The number of rotatable bonds is 6. The second kappa shape index (κ2) is 7.89. The second-order valence-corrected chi connectivity index (χ2v) is 5.99. The summed E-state index contributed by atoms with van der Waals surface area (Å²) in [5.74, 6) is -1.95. The highest BCUT2D eigenvalue weighted by Gasteiger charge is 2.30. The number of carbonyl (C=O) groups is 2. The van der Waals surface area contributed by atoms with Crippen molar-refractivity contribution in [2.24, 2.45) is 11.8 Å². The van der Waals surface area contributed by atoms with E-state index >= 15 is 0 Å². The fourth-order valence-electron chi connectivity index (χ4n) is 2.94. The monoisotopic (exact) mass is 344 g/mol. The molecule has 0 spiro atoms. The molecule has 1 aromatic carbocycles. The molecule has 8 heteroatoms. The van der Waals surface area contributed by atoms with Crippen molar-refractivity contribution < 1.29 is 19.4 Å². The summed E-state index contributed by atoms with van der Waals surface area (Å²) in [5, 5.41) is 19.9. The number of amides is 1. The van der Waals surface area contributed by atoms with Gasteiger partial charge >= 0.3 is 5.97 Å². The predicted octanol–water partition coefficient (Wildman–Crippen LogP) is 1.12. The quantitative estimate of drug-likeness (QED) is 0.813. The van der Waals surface area contributed by atoms with Gasteiger partial charge in [-0.1, -0.05) is 23.4 Å². The van der Waals surface area contributed by atoms with Crippen molar-refractivity contribution in [2.45, 2.75) is 12.8 Å². The van der Waals surface area contributed by atoms with Gasteiger partial charge in [-0.25, -0.2) is 4.68 Å². The van der Waals surface area contributed by atoms with Crippen LogP contribution in [0.1, 0.15) is 23.3 Å². The number of ether oxygens (including phenoxy) is 1. The van der Waals surface area contributed by atoms with Crippen molar-refractivity contribution in [3.63, 3.8) is 0 Å². The lowest BCUT2D eigenvalue weighted by Crippen LogP contribution is -2.39. The number of para-hydroxylation sites is 1. The fraction of sp³-hybridized carbons (Fsp3) is 0.412. The van der Waals surface area contributed by atoms with Crippen LogP contribution in [0.5, 0.6) is 0 Å². The minimum absolute atomic E-state index is 0.00607. The number of carbonyl (C=O) groups excluding carboxylic acids is 1. The van der Waals surface area contributed by atoms with Crippen LogP contribution in [-0.4, -0.2) is 51.7 Å². The van der Waals surface area contributed by atoms with Crippen molar-refractivity contribution in [1.82, 2.24) is 20.3 Å². The molecule has 0 saturated carbocycles. The van der Waals surface area contributed by atoms with Crippen LogP contribution in [0.25, 0.3) is 5.69 Å². The van der Waals surface area contributed by atoms with Crippen molar-refractivity contribution in [2.75, 3.05) is 19.8 Å². The zero-order valence-electron chi connectivity index (χ0n) is 13.7. The summed E-state index contributed by atoms with van der Waals surface area (Å²) in [7, 11) is 0. The smallest absolute Gasteiger partial charge is 0.308 e. The van der Waals surface area contributed by atoms with Crippen LogP contribution in [0.4, 0.5) is 0 Å². The second-order valence-electron chi connectivity index (χ2n) is 5.99. The third-order valence-electron chi connectivity index (χ3n) is 4.38. The standard InChI is InChI=1S/C17H20N4O4/c22-16(15-11-21(20-19-15)13-4-2-1-3-5-13)18-10-14(17(23)24)12-6-8-25-9-7-12/h1-5,11-12,14H,6-10H2,(H,18,22)(H,23,24). The van der Waals surface area contributed by atoms with Crippen molar-refractivity contribution >= 4 is 11.9 Å². The molecule has 1 aliphatic heterocycles. The Morgan fingerprint density at radius 2 is 2.00 bits per heavy atom. The van der Waals surface area contributed by atoms with Gasteiger partial charge in [0.05, 0.1) is 17.8 Å². The van der Waals surface area contributed by atoms with Crippen molar-refractivity contribution in [3.05, 3.63) is 42.2 Å². The Morgan fingerprint density at radius 3 is 2.68 bits per heavy atom. The van der Waals surface area contributed by atoms with Gasteiger partial charge < -0.3 is 15.2 Å². The molecule has 2 N–H and O–H groups in total. The summed E-state index contributed by atoms with van der Waals surface area (Å²) in [6.45, 7) is 1.19. The third kappa shape index (κ3) is 4.21. The maximum Gasteiger partial charge on any atom is 0.308 e. The van der Waals surface area contributed by atoms with Gasteiger partial charge in [-0.15, -0.1) is 5.10 Å². The molecule has 2 heterocycles. The highest BCUT2D eigenvalue weighted by molar-refractivity contribution is 5.92. The molecule has 2 aromatic rings. The normalized spacial score (nSPS) is 16.3. The highest BCUT2D eigenvalue weighted by atomic mass is 16.5. The molecule has 1 atom stereocenters. The van der Waals surface area contributed by atoms with E-state index in [0.29, 0.717) is 26.1 Å². The van der Waals surface area contributed by atoms with E-state index in [9.17, 15) is 14.7 Å². The van der Waals surface area contributed by atoms with Gasteiger partial charge in [-0.05, 0) is 30.9 Å². The van der Waals surface area contributed by atoms with Crippen molar-refractivity contribution in [1.29, 1.82) is 0 Å². The maximum atomic E-state index is 12.3. The van der Waals surface area contributed by atoms with E-state index in [2.05, 4.69) is 15.6 Å². The molecule has 1 unspecified atom stereocenters. The average Bonchev–Trinajstić information content (AvgIpc) is 3.13. The van der Waals surface area contributed by atoms with Crippen LogP contribution < -0.4 is 5.32 Å². The number of hydrogen-bond donors (Lipinski definition) is 2. The van der Waals surface area contributed by atoms with Gasteiger partial charge in [-0.2, -0.15) is 0 Å². The van der Waals surface area contributed by atoms with Crippen LogP contribution in [0.3, 0.4) is 0 Å². The molecule has 0 aliphatic carbocycles. The first kappa shape index (κ1) is 17.1. The van der Waals surface area contributed by atoms with Gasteiger partial charge in [0.2, 0.25) is 0 Å². The molecule has 1 saturated heterocycles. The van der Waals surface area contributed by atoms with Gasteiger partial charge in [0, 0.05) is 19.8 Å². The summed E-state index contributed by atoms with van der Waals surface area (Å²) in [6, 6.07) is 9.31. The van der Waals surface area contributed by atoms with Crippen LogP contribution in [0, 0.1) is 11.8 Å². The number of aliphatic carboxylic acids is 1. The van der Waals surface area contributed by atoms with E-state index < -0.39 is 17.8 Å². The number of nitrogens with zero attached hydrogens (tertiary/aromatic N) is 3. The number of benzene rings is 1. The maximum absolute atomic E-state index is 12.3. The zero-order chi connectivity index (χ0) is 17.6. The molecule has 1 fully saturated rings. The van der Waals surface area contributed by atoms with E-state index in [-0.39, 0.29) is 18.2 Å². The first-order chi connectivity index (χ1) is 12.1. The lowest BCUT2D eigenvalue weighted by atomic mass is 9.86. The van der Waals surface area contributed by atoms with E-state index in [0.717, 1.165) is 5.69 Å². The molecule has 0 bridgehead atoms. The average molecular weight is 344 g/mol. The van der Waals surface area contributed by atoms with Crippen LogP contribution in [-0.2, 0) is 9.53 Å². The molecule has 132 valence electrons. The fourth-order valence-corrected chi connectivity index (χ4v) is 2.94. The Bertz CT molecular complexity index is 725. The van der Waals surface area contributed by atoms with Gasteiger partial charge in [0.15, 0.2) is 5.69 Å². The molecular formula is C17H20N4O4. The van der Waals surface area contributed by atoms with E-state index in [1.807, 2.05) is 30.3 Å². The number of carboxylic acids is 1. The Kier molecular flexibility index (Phi) is 5.39. The number of aromatic nitrogens is 3. The Morgan fingerprint density at radius 1 is 1.28 bits per heavy atom. The summed E-state index contributed by atoms with van der Waals surface area (Å²) in [5.41, 5.74) is 0.944. The molecular weight excluding hydrogens is 324 g/mol. The summed E-state index contributed by atoms with van der Waals surface area (Å²) in [4.78, 5) is 23.8. The summed E-state index contributed by atoms with van der Waals surface area (Å²) >= 11 is 0. The van der Waals surface area contributed by atoms with Crippen LogP contribution >= 0.6 is 0 Å². The van der Waals surface area contributed by atoms with Crippen LogP contribution in [0.15, 0.2) is 36.5 Å². The van der Waals surface area contributed by atoms with Crippen molar-refractivity contribution in [3.8, 4) is 5.69 Å². The lowest BCUT2D eigenvalue weighted by molar-refractivity contribution is -0.144. The number of carboxylic acid groups (broad SMARTS) is 1. The summed E-state index contributed by atoms with van der Waals surface area (Å²) in [6.07, 6.45) is 2.91. The van der Waals surface area contributed by atoms with E-state index in [1.54, 1.807) is 0 Å². The molecule has 8 nitrogen and oxygen atoms in total. The largest absolute Gasteiger partial charge is 0.481 e. The minimum atomic E-state index is -0.903. The first-order valence-electron chi connectivity index (χ1n) is 8.21. The SMILES string of the molecule is O=C(NCC(C(=O)O)C1CCOCC1)c1cn(-c2ccccc2)nn1. The van der Waals surface area contributed by atoms with E-state index in [4.69, 9.17) is 4.74 Å². The molecule has 0 radical (unpaired) electrons. The van der Waals surface area contributed by atoms with Crippen LogP contribution in [0.2, 0.25) is 0 Å². The summed E-state index contributed by atoms with van der Waals surface area (Å²) < 4.78 is 6.77. The molecule has 25 heavy (non-hydrogen) atoms. The lowest BCUT2D eigenvalue weighted by Gasteiger charge is -2.27. The molecule has 3 rings (SSSR count).